The number of aryl methyl sites for hydroxylation is 1. The number of aromatic nitrogens is 3. The maximum absolute atomic E-state index is 12.5. The zero-order chi connectivity index (χ0) is 15.7. The Kier molecular flexibility index (Phi) is 3.79. The summed E-state index contributed by atoms with van der Waals surface area (Å²) in [5.41, 5.74) is 0.492. The molecule has 3 rings (SSSR count). The van der Waals surface area contributed by atoms with Gasteiger partial charge in [0.2, 0.25) is 5.91 Å². The molecule has 0 fully saturated rings. The number of nitrogens with one attached hydrogen (secondary N) is 1. The summed E-state index contributed by atoms with van der Waals surface area (Å²) in [5.74, 6) is 0.140. The number of thiazole rings is 1. The molecular formula is C14H14N4O2S2. The van der Waals surface area contributed by atoms with Gasteiger partial charge in [0.15, 0.2) is 5.82 Å². The van der Waals surface area contributed by atoms with Crippen molar-refractivity contribution in [3.05, 3.63) is 34.3 Å². The first-order valence-corrected chi connectivity index (χ1v) is 8.35. The molecule has 0 aromatic carbocycles. The number of nitrogens with zero attached hydrogens (tertiary/aromatic N) is 3. The number of hydrogen-bond acceptors (Lipinski definition) is 7. The van der Waals surface area contributed by atoms with Crippen molar-refractivity contribution in [2.24, 2.45) is 0 Å². The van der Waals surface area contributed by atoms with Gasteiger partial charge >= 0.3 is 0 Å². The standard InChI is InChI=1S/C14H14N4O2S2/c1-8-11(18-20-17-8)16-13(19)14(2,3)10-7-22-12(15-10)9-5-4-6-21-9/h4-7H,1-3H3,(H,16,18,19). The average Bonchev–Trinajstić information content (AvgIpc) is 3.19. The molecule has 0 radical (unpaired) electrons. The van der Waals surface area contributed by atoms with Gasteiger partial charge in [-0.05, 0) is 37.4 Å². The topological polar surface area (TPSA) is 80.9 Å². The van der Waals surface area contributed by atoms with Crippen LogP contribution in [0.1, 0.15) is 25.2 Å². The van der Waals surface area contributed by atoms with Crippen LogP contribution in [0.3, 0.4) is 0 Å². The van der Waals surface area contributed by atoms with Gasteiger partial charge in [-0.15, -0.1) is 22.7 Å². The summed E-state index contributed by atoms with van der Waals surface area (Å²) >= 11 is 3.17. The van der Waals surface area contributed by atoms with Gasteiger partial charge in [-0.2, -0.15) is 0 Å². The van der Waals surface area contributed by atoms with Crippen molar-refractivity contribution in [1.29, 1.82) is 0 Å². The molecule has 0 unspecified atom stereocenters. The Hall–Kier alpha value is -2.06. The van der Waals surface area contributed by atoms with E-state index >= 15 is 0 Å². The summed E-state index contributed by atoms with van der Waals surface area (Å²) in [4.78, 5) is 18.2. The summed E-state index contributed by atoms with van der Waals surface area (Å²) in [6.45, 7) is 5.38. The van der Waals surface area contributed by atoms with Crippen molar-refractivity contribution < 1.29 is 9.42 Å². The van der Waals surface area contributed by atoms with E-state index in [1.165, 1.54) is 11.3 Å². The van der Waals surface area contributed by atoms with Crippen molar-refractivity contribution in [1.82, 2.24) is 15.3 Å². The van der Waals surface area contributed by atoms with Crippen LogP contribution in [0.15, 0.2) is 27.5 Å². The summed E-state index contributed by atoms with van der Waals surface area (Å²) in [6.07, 6.45) is 0. The number of anilines is 1. The Morgan fingerprint density at radius 3 is 2.77 bits per heavy atom. The molecule has 3 heterocycles. The van der Waals surface area contributed by atoms with E-state index in [9.17, 15) is 4.79 Å². The molecule has 3 aromatic heterocycles. The number of hydrogen-bond donors (Lipinski definition) is 1. The zero-order valence-electron chi connectivity index (χ0n) is 12.3. The lowest BCUT2D eigenvalue weighted by molar-refractivity contribution is -0.120. The number of amides is 1. The Morgan fingerprint density at radius 1 is 1.32 bits per heavy atom. The SMILES string of the molecule is Cc1nonc1NC(=O)C(C)(C)c1csc(-c2cccs2)n1. The maximum atomic E-state index is 12.5. The molecule has 0 atom stereocenters. The van der Waals surface area contributed by atoms with Gasteiger partial charge < -0.3 is 5.32 Å². The van der Waals surface area contributed by atoms with Gasteiger partial charge in [-0.25, -0.2) is 9.61 Å². The molecule has 0 saturated heterocycles. The minimum Gasteiger partial charge on any atom is -0.305 e. The lowest BCUT2D eigenvalue weighted by atomic mass is 9.89. The zero-order valence-corrected chi connectivity index (χ0v) is 13.9. The average molecular weight is 334 g/mol. The van der Waals surface area contributed by atoms with E-state index in [0.29, 0.717) is 11.5 Å². The van der Waals surface area contributed by atoms with Crippen molar-refractivity contribution >= 4 is 34.4 Å². The highest BCUT2D eigenvalue weighted by Crippen LogP contribution is 2.33. The van der Waals surface area contributed by atoms with Crippen molar-refractivity contribution in [2.45, 2.75) is 26.2 Å². The van der Waals surface area contributed by atoms with Gasteiger partial charge in [-0.1, -0.05) is 11.2 Å². The number of carbonyl (C=O) groups excluding carboxylic acids is 1. The smallest absolute Gasteiger partial charge is 0.237 e. The quantitative estimate of drug-likeness (QED) is 0.790. The third-order valence-corrected chi connectivity index (χ3v) is 5.21. The molecule has 1 N–H and O–H groups in total. The van der Waals surface area contributed by atoms with Crippen molar-refractivity contribution in [3.63, 3.8) is 0 Å². The van der Waals surface area contributed by atoms with E-state index in [-0.39, 0.29) is 5.91 Å². The fraction of sp³-hybridized carbons (Fsp3) is 0.286. The van der Waals surface area contributed by atoms with E-state index in [1.807, 2.05) is 36.7 Å². The molecule has 0 aliphatic carbocycles. The van der Waals surface area contributed by atoms with Crippen molar-refractivity contribution in [2.75, 3.05) is 5.32 Å². The number of rotatable bonds is 4. The van der Waals surface area contributed by atoms with Gasteiger partial charge in [0, 0.05) is 5.38 Å². The molecule has 3 aromatic rings. The molecule has 114 valence electrons. The number of carbonyl (C=O) groups is 1. The van der Waals surface area contributed by atoms with Crippen LogP contribution in [0.25, 0.3) is 9.88 Å². The maximum Gasteiger partial charge on any atom is 0.237 e. The highest BCUT2D eigenvalue weighted by molar-refractivity contribution is 7.20. The summed E-state index contributed by atoms with van der Waals surface area (Å²) in [6, 6.07) is 4.00. The molecule has 22 heavy (non-hydrogen) atoms. The lowest BCUT2D eigenvalue weighted by Crippen LogP contribution is -2.35. The minimum atomic E-state index is -0.780. The first kappa shape index (κ1) is 14.9. The van der Waals surface area contributed by atoms with E-state index in [1.54, 1.807) is 18.3 Å². The second-order valence-corrected chi connectivity index (χ2v) is 7.10. The minimum absolute atomic E-state index is 0.200. The summed E-state index contributed by atoms with van der Waals surface area (Å²) in [7, 11) is 0. The molecule has 1 amide bonds. The number of thiophene rings is 1. The molecule has 0 saturated carbocycles. The van der Waals surface area contributed by atoms with Crippen LogP contribution in [-0.4, -0.2) is 21.2 Å². The van der Waals surface area contributed by atoms with Crippen molar-refractivity contribution in [3.8, 4) is 9.88 Å². The molecule has 0 aliphatic rings. The highest BCUT2D eigenvalue weighted by atomic mass is 32.1. The summed E-state index contributed by atoms with van der Waals surface area (Å²) in [5, 5.41) is 14.9. The summed E-state index contributed by atoms with van der Waals surface area (Å²) < 4.78 is 4.59. The Bertz CT molecular complexity index is 789. The van der Waals surface area contributed by atoms with E-state index in [0.717, 1.165) is 15.6 Å². The Labute approximate surface area is 135 Å². The second kappa shape index (κ2) is 5.62. The van der Waals surface area contributed by atoms with Crippen LogP contribution in [0.5, 0.6) is 0 Å². The predicted molar refractivity (Wildman–Crippen MR) is 86.1 cm³/mol. The molecule has 0 aliphatic heterocycles. The van der Waals surface area contributed by atoms with Gasteiger partial charge in [0.05, 0.1) is 16.0 Å². The van der Waals surface area contributed by atoms with E-state index in [4.69, 9.17) is 0 Å². The normalized spacial score (nSPS) is 11.6. The highest BCUT2D eigenvalue weighted by Gasteiger charge is 2.33. The van der Waals surface area contributed by atoms with Gasteiger partial charge in [0.1, 0.15) is 10.7 Å². The second-order valence-electron chi connectivity index (χ2n) is 5.29. The Balaban J connectivity index is 1.83. The largest absolute Gasteiger partial charge is 0.305 e. The molecule has 6 nitrogen and oxygen atoms in total. The van der Waals surface area contributed by atoms with Crippen LogP contribution in [0.2, 0.25) is 0 Å². The van der Waals surface area contributed by atoms with Crippen LogP contribution in [-0.2, 0) is 10.2 Å². The predicted octanol–water partition coefficient (Wildman–Crippen LogP) is 3.48. The Morgan fingerprint density at radius 2 is 2.14 bits per heavy atom. The lowest BCUT2D eigenvalue weighted by Gasteiger charge is -2.20. The van der Waals surface area contributed by atoms with Crippen LogP contribution < -0.4 is 5.32 Å². The fourth-order valence-electron chi connectivity index (χ4n) is 1.80. The van der Waals surface area contributed by atoms with Gasteiger partial charge in [-0.3, -0.25) is 4.79 Å². The van der Waals surface area contributed by atoms with E-state index in [2.05, 4.69) is 25.2 Å². The molecule has 0 bridgehead atoms. The van der Waals surface area contributed by atoms with Gasteiger partial charge in [0.25, 0.3) is 0 Å². The van der Waals surface area contributed by atoms with Crippen LogP contribution in [0, 0.1) is 6.92 Å². The van der Waals surface area contributed by atoms with Crippen LogP contribution in [0.4, 0.5) is 5.82 Å². The monoisotopic (exact) mass is 334 g/mol. The first-order chi connectivity index (χ1) is 10.5. The third-order valence-electron chi connectivity index (χ3n) is 3.33. The van der Waals surface area contributed by atoms with E-state index < -0.39 is 5.41 Å². The van der Waals surface area contributed by atoms with Crippen LogP contribution >= 0.6 is 22.7 Å². The fourth-order valence-corrected chi connectivity index (χ4v) is 3.60. The molecule has 0 spiro atoms. The molecule has 8 heteroatoms. The molecular weight excluding hydrogens is 320 g/mol. The first-order valence-electron chi connectivity index (χ1n) is 6.59. The third kappa shape index (κ3) is 2.67.